The summed E-state index contributed by atoms with van der Waals surface area (Å²) in [4.78, 5) is 48.4. The largest absolute Gasteiger partial charge is 0.394 e. The quantitative estimate of drug-likeness (QED) is 0.298. The predicted octanol–water partition coefficient (Wildman–Crippen LogP) is 3.79. The summed E-state index contributed by atoms with van der Waals surface area (Å²) >= 11 is 0. The van der Waals surface area contributed by atoms with Gasteiger partial charge in [-0.25, -0.2) is 0 Å². The number of ether oxygens (including phenoxy) is 1. The van der Waals surface area contributed by atoms with Crippen LogP contribution in [0.5, 0.6) is 0 Å². The van der Waals surface area contributed by atoms with Gasteiger partial charge in [0.1, 0.15) is 11.6 Å². The van der Waals surface area contributed by atoms with E-state index in [0.29, 0.717) is 51.9 Å². The molecular weight excluding hydrogens is 494 g/mol. The molecule has 3 amide bonds. The normalized spacial score (nSPS) is 30.0. The van der Waals surface area contributed by atoms with Gasteiger partial charge in [0.05, 0.1) is 30.1 Å². The molecule has 3 saturated heterocycles. The number of carbonyl (C=O) groups is 3. The number of unbranched alkanes of at least 4 members (excludes halogenated alkanes) is 1. The zero-order valence-electron chi connectivity index (χ0n) is 24.9. The number of fused-ring (bicyclic) bond motifs is 1. The average Bonchev–Trinajstić information content (AvgIpc) is 3.52. The maximum atomic E-state index is 14.5. The topological polar surface area (TPSA) is 90.4 Å². The molecule has 2 unspecified atom stereocenters. The highest BCUT2D eigenvalue weighted by Crippen LogP contribution is 2.65. The minimum Gasteiger partial charge on any atom is -0.394 e. The molecule has 3 aliphatic rings. The van der Waals surface area contributed by atoms with Crippen molar-refractivity contribution in [2.75, 3.05) is 32.8 Å². The van der Waals surface area contributed by atoms with Crippen LogP contribution in [-0.4, -0.2) is 93.6 Å². The summed E-state index contributed by atoms with van der Waals surface area (Å²) in [5, 5.41) is 10.5. The van der Waals surface area contributed by atoms with Gasteiger partial charge in [-0.3, -0.25) is 14.4 Å². The third kappa shape index (κ3) is 5.43. The lowest BCUT2D eigenvalue weighted by Gasteiger charge is -2.40. The van der Waals surface area contributed by atoms with Gasteiger partial charge in [0, 0.05) is 26.2 Å². The Hall–Kier alpha value is -2.19. The van der Waals surface area contributed by atoms with Crippen molar-refractivity contribution in [2.24, 2.45) is 17.8 Å². The van der Waals surface area contributed by atoms with E-state index in [4.69, 9.17) is 4.74 Å². The zero-order valence-corrected chi connectivity index (χ0v) is 24.9. The summed E-state index contributed by atoms with van der Waals surface area (Å²) < 4.78 is 6.94. The van der Waals surface area contributed by atoms with E-state index < -0.39 is 35.1 Å². The van der Waals surface area contributed by atoms with Gasteiger partial charge in [-0.2, -0.15) is 0 Å². The Kier molecular flexibility index (Phi) is 10.4. The number of amides is 3. The highest BCUT2D eigenvalue weighted by atomic mass is 16.5. The van der Waals surface area contributed by atoms with E-state index in [9.17, 15) is 19.5 Å². The van der Waals surface area contributed by atoms with E-state index in [-0.39, 0.29) is 30.2 Å². The molecule has 3 aliphatic heterocycles. The minimum atomic E-state index is -1.09. The van der Waals surface area contributed by atoms with Gasteiger partial charge in [-0.05, 0) is 44.4 Å². The minimum absolute atomic E-state index is 0.0927. The summed E-state index contributed by atoms with van der Waals surface area (Å²) in [6.07, 6.45) is 8.30. The Morgan fingerprint density at radius 1 is 1.08 bits per heavy atom. The first-order chi connectivity index (χ1) is 18.6. The molecule has 0 aromatic carbocycles. The number of hydrogen-bond donors (Lipinski definition) is 1. The standard InChI is InChI=1S/C31H51N3O5/c1-8-13-19-33(18-11-4)29(38)26-31-15-14-30(12-5,39-31)24(27(36)32(16-9-2)17-10-3)25(31)28(37)34(26)23(21-35)20-22(6)7/h9,11,22-26,35H,2,4,8,10,12-21H2,1,3,5-7H3/t23-,24+,25+,26?,30-,31?/m1/s1. The van der Waals surface area contributed by atoms with Crippen LogP contribution in [0.4, 0.5) is 0 Å². The second-order valence-corrected chi connectivity index (χ2v) is 12.0. The molecule has 220 valence electrons. The van der Waals surface area contributed by atoms with Crippen LogP contribution in [0, 0.1) is 17.8 Å². The van der Waals surface area contributed by atoms with Crippen LogP contribution in [0.25, 0.3) is 0 Å². The molecule has 1 N–H and O–H groups in total. The number of rotatable bonds is 16. The smallest absolute Gasteiger partial charge is 0.248 e. The van der Waals surface area contributed by atoms with Crippen LogP contribution >= 0.6 is 0 Å². The molecule has 3 heterocycles. The monoisotopic (exact) mass is 545 g/mol. The van der Waals surface area contributed by atoms with E-state index in [1.165, 1.54) is 0 Å². The molecule has 39 heavy (non-hydrogen) atoms. The van der Waals surface area contributed by atoms with E-state index in [1.807, 2.05) is 27.7 Å². The molecule has 0 aromatic heterocycles. The number of aliphatic hydroxyl groups is 1. The van der Waals surface area contributed by atoms with Crippen molar-refractivity contribution in [3.8, 4) is 0 Å². The SMILES string of the molecule is C=CCN(CCCC)C(=O)C1N([C@@H](CO)CC(C)C)C(=O)[C@@H]2[C@@H](C(=O)N(CC=C)CCC)[C@@]3(CC)CCC12O3. The van der Waals surface area contributed by atoms with Crippen molar-refractivity contribution < 1.29 is 24.2 Å². The second-order valence-electron chi connectivity index (χ2n) is 12.0. The number of aliphatic hydroxyl groups excluding tert-OH is 1. The Bertz CT molecular complexity index is 922. The van der Waals surface area contributed by atoms with Crippen molar-refractivity contribution in [1.82, 2.24) is 14.7 Å². The van der Waals surface area contributed by atoms with E-state index in [1.54, 1.807) is 26.9 Å². The Morgan fingerprint density at radius 2 is 1.72 bits per heavy atom. The van der Waals surface area contributed by atoms with Gasteiger partial charge in [-0.15, -0.1) is 13.2 Å². The fourth-order valence-corrected chi connectivity index (χ4v) is 7.41. The van der Waals surface area contributed by atoms with E-state index >= 15 is 0 Å². The molecule has 0 aliphatic carbocycles. The van der Waals surface area contributed by atoms with Crippen molar-refractivity contribution in [1.29, 1.82) is 0 Å². The Labute approximate surface area is 235 Å². The summed E-state index contributed by atoms with van der Waals surface area (Å²) in [5.41, 5.74) is -1.87. The van der Waals surface area contributed by atoms with Gasteiger partial charge in [0.25, 0.3) is 0 Å². The number of carbonyl (C=O) groups excluding carboxylic acids is 3. The predicted molar refractivity (Wildman–Crippen MR) is 153 cm³/mol. The highest BCUT2D eigenvalue weighted by molar-refractivity contribution is 5.99. The van der Waals surface area contributed by atoms with Gasteiger partial charge < -0.3 is 24.5 Å². The molecule has 0 saturated carbocycles. The molecule has 8 nitrogen and oxygen atoms in total. The Morgan fingerprint density at radius 3 is 2.23 bits per heavy atom. The molecule has 2 bridgehead atoms. The first-order valence-electron chi connectivity index (χ1n) is 15.0. The van der Waals surface area contributed by atoms with E-state index in [0.717, 1.165) is 19.3 Å². The molecular formula is C31H51N3O5. The van der Waals surface area contributed by atoms with E-state index in [2.05, 4.69) is 20.1 Å². The van der Waals surface area contributed by atoms with Crippen molar-refractivity contribution in [2.45, 2.75) is 103 Å². The van der Waals surface area contributed by atoms with Crippen molar-refractivity contribution in [3.63, 3.8) is 0 Å². The van der Waals surface area contributed by atoms with Gasteiger partial charge in [0.15, 0.2) is 0 Å². The lowest BCUT2D eigenvalue weighted by Crippen LogP contribution is -2.59. The molecule has 3 fully saturated rings. The van der Waals surface area contributed by atoms with Crippen molar-refractivity contribution >= 4 is 17.7 Å². The number of hydrogen-bond acceptors (Lipinski definition) is 5. The molecule has 1 spiro atoms. The number of likely N-dealkylation sites (tertiary alicyclic amines) is 1. The lowest BCUT2D eigenvalue weighted by atomic mass is 9.64. The summed E-state index contributed by atoms with van der Waals surface area (Å²) in [6, 6.07) is -1.41. The van der Waals surface area contributed by atoms with Gasteiger partial charge in [0.2, 0.25) is 17.7 Å². The van der Waals surface area contributed by atoms with Gasteiger partial charge in [-0.1, -0.05) is 53.2 Å². The first kappa shape index (κ1) is 31.3. The third-order valence-electron chi connectivity index (χ3n) is 9.06. The van der Waals surface area contributed by atoms with Crippen LogP contribution < -0.4 is 0 Å². The molecule has 0 aromatic rings. The maximum Gasteiger partial charge on any atom is 0.248 e. The summed E-state index contributed by atoms with van der Waals surface area (Å²) in [5.74, 6) is -1.71. The first-order valence-corrected chi connectivity index (χ1v) is 15.0. The zero-order chi connectivity index (χ0) is 29.0. The fourth-order valence-electron chi connectivity index (χ4n) is 7.41. The number of nitrogens with zero attached hydrogens (tertiary/aromatic N) is 3. The van der Waals surface area contributed by atoms with Crippen LogP contribution in [0.15, 0.2) is 25.3 Å². The third-order valence-corrected chi connectivity index (χ3v) is 9.06. The van der Waals surface area contributed by atoms with Gasteiger partial charge >= 0.3 is 0 Å². The molecule has 8 heteroatoms. The Balaban J connectivity index is 2.17. The summed E-state index contributed by atoms with van der Waals surface area (Å²) in [6.45, 7) is 19.6. The average molecular weight is 546 g/mol. The van der Waals surface area contributed by atoms with Crippen LogP contribution in [0.2, 0.25) is 0 Å². The fraction of sp³-hybridized carbons (Fsp3) is 0.774. The molecule has 3 rings (SSSR count). The molecule has 6 atom stereocenters. The second kappa shape index (κ2) is 13.0. The van der Waals surface area contributed by atoms with Crippen molar-refractivity contribution in [3.05, 3.63) is 25.3 Å². The lowest BCUT2D eigenvalue weighted by molar-refractivity contribution is -0.158. The highest BCUT2D eigenvalue weighted by Gasteiger charge is 2.79. The van der Waals surface area contributed by atoms with Crippen LogP contribution in [0.1, 0.15) is 79.6 Å². The van der Waals surface area contributed by atoms with Crippen LogP contribution in [0.3, 0.4) is 0 Å². The summed E-state index contributed by atoms with van der Waals surface area (Å²) in [7, 11) is 0. The van der Waals surface area contributed by atoms with Crippen LogP contribution in [-0.2, 0) is 19.1 Å². The molecule has 0 radical (unpaired) electrons. The maximum absolute atomic E-state index is 14.5.